The molecular formula is C54H35NS. The number of benzene rings is 10. The van der Waals surface area contributed by atoms with E-state index >= 15 is 0 Å². The summed E-state index contributed by atoms with van der Waals surface area (Å²) in [5.41, 5.74) is 10.7. The number of thiophene rings is 1. The standard InChI is InChI=1S/C54H35NS/c1-3-16-37(17-4-1)53-47-26-10-9-24-44(47)45-31-29-40(34-49(45)54(53)38-18-5-2-6-19-38)39-21-13-22-41(33-39)55(50-27-14-20-36-15-7-8-23-43(36)50)42-30-32-52-48(35-42)46-25-11-12-28-51(46)56-52/h1-35H. The monoisotopic (exact) mass is 729 g/mol. The van der Waals surface area contributed by atoms with E-state index in [0.717, 1.165) is 17.1 Å². The van der Waals surface area contributed by atoms with Gasteiger partial charge >= 0.3 is 0 Å². The summed E-state index contributed by atoms with van der Waals surface area (Å²) < 4.78 is 2.61. The molecule has 0 bridgehead atoms. The van der Waals surface area contributed by atoms with E-state index < -0.39 is 0 Å². The van der Waals surface area contributed by atoms with Crippen LogP contribution < -0.4 is 4.90 Å². The summed E-state index contributed by atoms with van der Waals surface area (Å²) in [5.74, 6) is 0. The van der Waals surface area contributed by atoms with E-state index in [0.29, 0.717) is 0 Å². The highest BCUT2D eigenvalue weighted by molar-refractivity contribution is 7.25. The molecule has 0 radical (unpaired) electrons. The highest BCUT2D eigenvalue weighted by Crippen LogP contribution is 2.47. The van der Waals surface area contributed by atoms with Gasteiger partial charge in [-0.1, -0.05) is 164 Å². The van der Waals surface area contributed by atoms with Gasteiger partial charge in [0.2, 0.25) is 0 Å². The largest absolute Gasteiger partial charge is 0.310 e. The van der Waals surface area contributed by atoms with Crippen LogP contribution in [-0.2, 0) is 0 Å². The first kappa shape index (κ1) is 32.4. The van der Waals surface area contributed by atoms with Gasteiger partial charge in [0.05, 0.1) is 5.69 Å². The zero-order valence-corrected chi connectivity index (χ0v) is 31.4. The Kier molecular flexibility index (Phi) is 7.75. The predicted molar refractivity (Wildman–Crippen MR) is 243 cm³/mol. The van der Waals surface area contributed by atoms with Gasteiger partial charge in [0, 0.05) is 36.9 Å². The molecule has 1 aromatic heterocycles. The zero-order valence-electron chi connectivity index (χ0n) is 30.6. The first-order chi connectivity index (χ1) is 27.8. The summed E-state index contributed by atoms with van der Waals surface area (Å²) in [5, 5.41) is 10.1. The van der Waals surface area contributed by atoms with Crippen LogP contribution in [0.3, 0.4) is 0 Å². The maximum Gasteiger partial charge on any atom is 0.0540 e. The van der Waals surface area contributed by atoms with Crippen LogP contribution in [-0.4, -0.2) is 0 Å². The highest BCUT2D eigenvalue weighted by Gasteiger charge is 2.20. The van der Waals surface area contributed by atoms with Crippen LogP contribution in [0.2, 0.25) is 0 Å². The summed E-state index contributed by atoms with van der Waals surface area (Å²) in [7, 11) is 0. The first-order valence-electron chi connectivity index (χ1n) is 19.2. The molecule has 56 heavy (non-hydrogen) atoms. The minimum atomic E-state index is 1.12. The van der Waals surface area contributed by atoms with Gasteiger partial charge in [0.25, 0.3) is 0 Å². The Morgan fingerprint density at radius 2 is 0.839 bits per heavy atom. The smallest absolute Gasteiger partial charge is 0.0540 e. The number of fused-ring (bicyclic) bond motifs is 7. The lowest BCUT2D eigenvalue weighted by Gasteiger charge is -2.27. The minimum Gasteiger partial charge on any atom is -0.310 e. The van der Waals surface area contributed by atoms with Crippen molar-refractivity contribution in [2.45, 2.75) is 0 Å². The van der Waals surface area contributed by atoms with Crippen LogP contribution in [0, 0.1) is 0 Å². The predicted octanol–water partition coefficient (Wildman–Crippen LogP) is 16.0. The fraction of sp³-hybridized carbons (Fsp3) is 0. The van der Waals surface area contributed by atoms with Crippen LogP contribution in [0.4, 0.5) is 17.1 Å². The van der Waals surface area contributed by atoms with Crippen molar-refractivity contribution < 1.29 is 0 Å². The summed E-state index contributed by atoms with van der Waals surface area (Å²) in [4.78, 5) is 2.44. The Labute approximate surface area is 330 Å². The lowest BCUT2D eigenvalue weighted by Crippen LogP contribution is -2.10. The van der Waals surface area contributed by atoms with Gasteiger partial charge in [-0.25, -0.2) is 0 Å². The van der Waals surface area contributed by atoms with Crippen LogP contribution >= 0.6 is 11.3 Å². The van der Waals surface area contributed by atoms with E-state index in [1.165, 1.54) is 85.9 Å². The number of hydrogen-bond donors (Lipinski definition) is 0. The van der Waals surface area contributed by atoms with E-state index in [1.807, 2.05) is 11.3 Å². The van der Waals surface area contributed by atoms with Crippen molar-refractivity contribution in [3.05, 3.63) is 212 Å². The molecule has 10 aromatic carbocycles. The second kappa shape index (κ2) is 13.4. The molecule has 0 aliphatic heterocycles. The second-order valence-corrected chi connectivity index (χ2v) is 15.5. The first-order valence-corrected chi connectivity index (χ1v) is 20.0. The van der Waals surface area contributed by atoms with Crippen LogP contribution in [0.1, 0.15) is 0 Å². The molecule has 0 saturated heterocycles. The normalized spacial score (nSPS) is 11.6. The molecule has 1 nitrogen and oxygen atoms in total. The quantitative estimate of drug-likeness (QED) is 0.154. The Morgan fingerprint density at radius 1 is 0.286 bits per heavy atom. The second-order valence-electron chi connectivity index (χ2n) is 14.5. The van der Waals surface area contributed by atoms with Gasteiger partial charge in [0.1, 0.15) is 0 Å². The molecule has 0 aliphatic carbocycles. The van der Waals surface area contributed by atoms with Crippen molar-refractivity contribution in [2.75, 3.05) is 4.90 Å². The van der Waals surface area contributed by atoms with Crippen LogP contribution in [0.5, 0.6) is 0 Å². The zero-order chi connectivity index (χ0) is 37.0. The molecule has 0 atom stereocenters. The highest BCUT2D eigenvalue weighted by atomic mass is 32.1. The fourth-order valence-electron chi connectivity index (χ4n) is 8.69. The number of hydrogen-bond acceptors (Lipinski definition) is 2. The van der Waals surface area contributed by atoms with Crippen molar-refractivity contribution in [3.8, 4) is 33.4 Å². The van der Waals surface area contributed by atoms with Gasteiger partial charge in [-0.05, 0) is 109 Å². The summed E-state index contributed by atoms with van der Waals surface area (Å²) in [6.45, 7) is 0. The molecule has 1 heterocycles. The third kappa shape index (κ3) is 5.38. The topological polar surface area (TPSA) is 3.24 Å². The Hall–Kier alpha value is -7.00. The molecule has 0 spiro atoms. The van der Waals surface area contributed by atoms with Crippen molar-refractivity contribution >= 4 is 80.9 Å². The molecule has 0 fully saturated rings. The average Bonchev–Trinajstić information content (AvgIpc) is 3.65. The van der Waals surface area contributed by atoms with Gasteiger partial charge < -0.3 is 4.90 Å². The molecule has 0 amide bonds. The SMILES string of the molecule is c1ccc(-c2c(-c3ccccc3)c3cc(-c4cccc(N(c5ccc6sc7ccccc7c6c5)c5cccc6ccccc56)c4)ccc3c3ccccc23)cc1. The molecule has 262 valence electrons. The third-order valence-corrected chi connectivity index (χ3v) is 12.4. The van der Waals surface area contributed by atoms with Gasteiger partial charge in [-0.3, -0.25) is 0 Å². The fourth-order valence-corrected chi connectivity index (χ4v) is 9.77. The Morgan fingerprint density at radius 3 is 1.64 bits per heavy atom. The summed E-state index contributed by atoms with van der Waals surface area (Å²) >= 11 is 1.86. The number of rotatable bonds is 6. The molecule has 11 aromatic rings. The number of anilines is 3. The molecule has 11 rings (SSSR count). The average molecular weight is 730 g/mol. The van der Waals surface area contributed by atoms with Gasteiger partial charge in [-0.2, -0.15) is 0 Å². The minimum absolute atomic E-state index is 1.12. The summed E-state index contributed by atoms with van der Waals surface area (Å²) in [6.07, 6.45) is 0. The Balaban J connectivity index is 1.15. The van der Waals surface area contributed by atoms with E-state index in [1.54, 1.807) is 0 Å². The van der Waals surface area contributed by atoms with Crippen molar-refractivity contribution in [2.24, 2.45) is 0 Å². The number of nitrogens with zero attached hydrogens (tertiary/aromatic N) is 1. The third-order valence-electron chi connectivity index (χ3n) is 11.2. The molecular weight excluding hydrogens is 695 g/mol. The van der Waals surface area contributed by atoms with Gasteiger partial charge in [0.15, 0.2) is 0 Å². The van der Waals surface area contributed by atoms with Crippen molar-refractivity contribution in [1.82, 2.24) is 0 Å². The van der Waals surface area contributed by atoms with Crippen LogP contribution in [0.25, 0.3) is 85.9 Å². The van der Waals surface area contributed by atoms with Crippen molar-refractivity contribution in [1.29, 1.82) is 0 Å². The molecule has 2 heteroatoms. The van der Waals surface area contributed by atoms with Gasteiger partial charge in [-0.15, -0.1) is 11.3 Å². The van der Waals surface area contributed by atoms with E-state index in [-0.39, 0.29) is 0 Å². The molecule has 0 saturated carbocycles. The van der Waals surface area contributed by atoms with E-state index in [9.17, 15) is 0 Å². The molecule has 0 aliphatic rings. The lowest BCUT2D eigenvalue weighted by molar-refractivity contribution is 1.30. The van der Waals surface area contributed by atoms with Crippen molar-refractivity contribution in [3.63, 3.8) is 0 Å². The molecule has 0 N–H and O–H groups in total. The lowest BCUT2D eigenvalue weighted by atomic mass is 9.84. The van der Waals surface area contributed by atoms with E-state index in [4.69, 9.17) is 0 Å². The maximum atomic E-state index is 2.44. The maximum absolute atomic E-state index is 2.44. The molecule has 0 unspecified atom stereocenters. The summed E-state index contributed by atoms with van der Waals surface area (Å²) in [6, 6.07) is 77.8. The van der Waals surface area contributed by atoms with Crippen LogP contribution in [0.15, 0.2) is 212 Å². The Bertz CT molecular complexity index is 3250. The van der Waals surface area contributed by atoms with E-state index in [2.05, 4.69) is 217 Å².